The van der Waals surface area contributed by atoms with Crippen LogP contribution in [0.25, 0.3) is 0 Å². The molecule has 22 heavy (non-hydrogen) atoms. The largest absolute Gasteiger partial charge is 0.481 e. The topological polar surface area (TPSA) is 66.4 Å². The van der Waals surface area contributed by atoms with Crippen molar-refractivity contribution in [1.29, 1.82) is 0 Å². The summed E-state index contributed by atoms with van der Waals surface area (Å²) in [6, 6.07) is 6.04. The van der Waals surface area contributed by atoms with Gasteiger partial charge in [0.05, 0.1) is 11.8 Å². The zero-order valence-electron chi connectivity index (χ0n) is 13.4. The third-order valence-electron chi connectivity index (χ3n) is 4.67. The molecule has 1 amide bonds. The SMILES string of the molecule is CCc1cccc(CC)c1NC(=O)[C@@H]1CCCC[C@H]1C(=O)O. The molecule has 1 saturated carbocycles. The van der Waals surface area contributed by atoms with Crippen LogP contribution in [0.5, 0.6) is 0 Å². The van der Waals surface area contributed by atoms with Crippen molar-refractivity contribution < 1.29 is 14.7 Å². The van der Waals surface area contributed by atoms with Gasteiger partial charge in [-0.05, 0) is 36.8 Å². The first-order valence-corrected chi connectivity index (χ1v) is 8.22. The number of hydrogen-bond donors (Lipinski definition) is 2. The highest BCUT2D eigenvalue weighted by molar-refractivity contribution is 5.96. The molecule has 2 atom stereocenters. The van der Waals surface area contributed by atoms with E-state index in [9.17, 15) is 14.7 Å². The third-order valence-corrected chi connectivity index (χ3v) is 4.67. The molecule has 2 rings (SSSR count). The monoisotopic (exact) mass is 303 g/mol. The number of para-hydroxylation sites is 1. The molecule has 120 valence electrons. The van der Waals surface area contributed by atoms with E-state index in [4.69, 9.17) is 0 Å². The summed E-state index contributed by atoms with van der Waals surface area (Å²) >= 11 is 0. The van der Waals surface area contributed by atoms with Crippen LogP contribution in [0.1, 0.15) is 50.7 Å². The Kier molecular flexibility index (Phi) is 5.58. The maximum Gasteiger partial charge on any atom is 0.307 e. The summed E-state index contributed by atoms with van der Waals surface area (Å²) in [6.07, 6.45) is 4.78. The first-order valence-electron chi connectivity index (χ1n) is 8.22. The highest BCUT2D eigenvalue weighted by Crippen LogP contribution is 2.32. The van der Waals surface area contributed by atoms with Gasteiger partial charge in [-0.1, -0.05) is 44.9 Å². The maximum absolute atomic E-state index is 12.6. The molecule has 4 nitrogen and oxygen atoms in total. The summed E-state index contributed by atoms with van der Waals surface area (Å²) in [5.74, 6) is -1.95. The summed E-state index contributed by atoms with van der Waals surface area (Å²) in [5, 5.41) is 12.4. The van der Waals surface area contributed by atoms with Crippen LogP contribution in [0.15, 0.2) is 18.2 Å². The van der Waals surface area contributed by atoms with Crippen molar-refractivity contribution in [3.63, 3.8) is 0 Å². The molecule has 1 aromatic rings. The van der Waals surface area contributed by atoms with Gasteiger partial charge in [0.25, 0.3) is 0 Å². The quantitative estimate of drug-likeness (QED) is 0.872. The summed E-state index contributed by atoms with van der Waals surface area (Å²) in [4.78, 5) is 24.0. The summed E-state index contributed by atoms with van der Waals surface area (Å²) < 4.78 is 0. The van der Waals surface area contributed by atoms with Gasteiger partial charge < -0.3 is 10.4 Å². The van der Waals surface area contributed by atoms with E-state index in [-0.39, 0.29) is 5.91 Å². The van der Waals surface area contributed by atoms with Crippen LogP contribution in [0.2, 0.25) is 0 Å². The van der Waals surface area contributed by atoms with Crippen LogP contribution in [-0.2, 0) is 22.4 Å². The van der Waals surface area contributed by atoms with Crippen LogP contribution in [0.3, 0.4) is 0 Å². The second-order valence-electron chi connectivity index (χ2n) is 5.98. The minimum absolute atomic E-state index is 0.136. The average Bonchev–Trinajstić information content (AvgIpc) is 2.54. The summed E-state index contributed by atoms with van der Waals surface area (Å²) in [7, 11) is 0. The van der Waals surface area contributed by atoms with Gasteiger partial charge in [-0.25, -0.2) is 0 Å². The summed E-state index contributed by atoms with van der Waals surface area (Å²) in [6.45, 7) is 4.12. The molecule has 1 aromatic carbocycles. The zero-order chi connectivity index (χ0) is 16.1. The van der Waals surface area contributed by atoms with E-state index in [0.29, 0.717) is 12.8 Å². The van der Waals surface area contributed by atoms with Crippen molar-refractivity contribution >= 4 is 17.6 Å². The van der Waals surface area contributed by atoms with Crippen molar-refractivity contribution in [2.24, 2.45) is 11.8 Å². The second-order valence-corrected chi connectivity index (χ2v) is 5.98. The Morgan fingerprint density at radius 3 is 2.14 bits per heavy atom. The van der Waals surface area contributed by atoms with Crippen molar-refractivity contribution in [3.8, 4) is 0 Å². The van der Waals surface area contributed by atoms with Gasteiger partial charge in [-0.3, -0.25) is 9.59 Å². The number of amides is 1. The number of nitrogens with one attached hydrogen (secondary N) is 1. The lowest BCUT2D eigenvalue weighted by molar-refractivity contribution is -0.147. The average molecular weight is 303 g/mol. The molecular weight excluding hydrogens is 278 g/mol. The third kappa shape index (κ3) is 3.49. The standard InChI is InChI=1S/C18H25NO3/c1-3-12-8-7-9-13(4-2)16(12)19-17(20)14-10-5-6-11-15(14)18(21)22/h7-9,14-15H,3-6,10-11H2,1-2H3,(H,19,20)(H,21,22)/t14-,15-/m1/s1. The number of benzene rings is 1. The van der Waals surface area contributed by atoms with Crippen molar-refractivity contribution in [3.05, 3.63) is 29.3 Å². The Morgan fingerprint density at radius 2 is 1.64 bits per heavy atom. The van der Waals surface area contributed by atoms with Crippen LogP contribution in [0.4, 0.5) is 5.69 Å². The van der Waals surface area contributed by atoms with Crippen LogP contribution in [-0.4, -0.2) is 17.0 Å². The number of carboxylic acids is 1. The zero-order valence-corrected chi connectivity index (χ0v) is 13.4. The summed E-state index contributed by atoms with van der Waals surface area (Å²) in [5.41, 5.74) is 3.10. The van der Waals surface area contributed by atoms with E-state index in [1.54, 1.807) is 0 Å². The number of carbonyl (C=O) groups is 2. The lowest BCUT2D eigenvalue weighted by Gasteiger charge is -2.28. The number of anilines is 1. The predicted molar refractivity (Wildman–Crippen MR) is 86.9 cm³/mol. The van der Waals surface area contributed by atoms with Gasteiger partial charge in [0.2, 0.25) is 5.91 Å². The fourth-order valence-corrected chi connectivity index (χ4v) is 3.36. The van der Waals surface area contributed by atoms with Crippen LogP contribution in [0, 0.1) is 11.8 Å². The molecule has 0 spiro atoms. The van der Waals surface area contributed by atoms with Gasteiger partial charge >= 0.3 is 5.97 Å². The van der Waals surface area contributed by atoms with Crippen molar-refractivity contribution in [2.75, 3.05) is 5.32 Å². The first kappa shape index (κ1) is 16.5. The number of hydrogen-bond acceptors (Lipinski definition) is 2. The molecule has 0 bridgehead atoms. The molecule has 0 aromatic heterocycles. The molecule has 0 saturated heterocycles. The van der Waals surface area contributed by atoms with Gasteiger partial charge in [0, 0.05) is 5.69 Å². The Hall–Kier alpha value is -1.84. The Morgan fingerprint density at radius 1 is 1.09 bits per heavy atom. The van der Waals surface area contributed by atoms with Gasteiger partial charge in [-0.2, -0.15) is 0 Å². The maximum atomic E-state index is 12.6. The van der Waals surface area contributed by atoms with E-state index in [0.717, 1.165) is 42.5 Å². The molecule has 0 unspecified atom stereocenters. The number of aryl methyl sites for hydroxylation is 2. The number of carboxylic acid groups (broad SMARTS) is 1. The number of aliphatic carboxylic acids is 1. The van der Waals surface area contributed by atoms with Gasteiger partial charge in [-0.15, -0.1) is 0 Å². The van der Waals surface area contributed by atoms with Crippen LogP contribution < -0.4 is 5.32 Å². The Balaban J connectivity index is 2.22. The molecule has 2 N–H and O–H groups in total. The molecular formula is C18H25NO3. The molecule has 4 heteroatoms. The number of rotatable bonds is 5. The lowest BCUT2D eigenvalue weighted by atomic mass is 9.78. The molecule has 1 aliphatic carbocycles. The molecule has 0 radical (unpaired) electrons. The molecule has 1 fully saturated rings. The predicted octanol–water partition coefficient (Wildman–Crippen LogP) is 3.64. The van der Waals surface area contributed by atoms with Gasteiger partial charge in [0.15, 0.2) is 0 Å². The smallest absolute Gasteiger partial charge is 0.307 e. The number of carbonyl (C=O) groups excluding carboxylic acids is 1. The molecule has 1 aliphatic rings. The van der Waals surface area contributed by atoms with Crippen molar-refractivity contribution in [2.45, 2.75) is 52.4 Å². The molecule has 0 heterocycles. The fraction of sp³-hybridized carbons (Fsp3) is 0.556. The van der Waals surface area contributed by atoms with E-state index >= 15 is 0 Å². The van der Waals surface area contributed by atoms with Crippen molar-refractivity contribution in [1.82, 2.24) is 0 Å². The Bertz CT molecular complexity index is 531. The van der Waals surface area contributed by atoms with E-state index in [1.165, 1.54) is 0 Å². The van der Waals surface area contributed by atoms with Gasteiger partial charge in [0.1, 0.15) is 0 Å². The normalized spacial score (nSPS) is 21.4. The highest BCUT2D eigenvalue weighted by atomic mass is 16.4. The fourth-order valence-electron chi connectivity index (χ4n) is 3.36. The second kappa shape index (κ2) is 7.43. The molecule has 0 aliphatic heterocycles. The van der Waals surface area contributed by atoms with Crippen LogP contribution >= 0.6 is 0 Å². The first-order chi connectivity index (χ1) is 10.6. The highest BCUT2D eigenvalue weighted by Gasteiger charge is 2.35. The van der Waals surface area contributed by atoms with E-state index in [2.05, 4.69) is 19.2 Å². The minimum Gasteiger partial charge on any atom is -0.481 e. The lowest BCUT2D eigenvalue weighted by Crippen LogP contribution is -2.36. The van der Waals surface area contributed by atoms with E-state index in [1.807, 2.05) is 18.2 Å². The minimum atomic E-state index is -0.848. The van der Waals surface area contributed by atoms with E-state index < -0.39 is 17.8 Å². The Labute approximate surface area is 131 Å².